The van der Waals surface area contributed by atoms with E-state index in [4.69, 9.17) is 0 Å². The Labute approximate surface area is 143 Å². The van der Waals surface area contributed by atoms with E-state index in [1.807, 2.05) is 26.0 Å². The Morgan fingerprint density at radius 2 is 1.71 bits per heavy atom. The van der Waals surface area contributed by atoms with Crippen LogP contribution in [0.3, 0.4) is 0 Å². The topological polar surface area (TPSA) is 45.2 Å². The number of rotatable bonds is 3. The minimum atomic E-state index is -0.149. The summed E-state index contributed by atoms with van der Waals surface area (Å²) in [5, 5.41) is 3.03. The number of carbonyl (C=O) groups excluding carboxylic acids is 1. The Morgan fingerprint density at radius 3 is 2.38 bits per heavy atom. The number of nitrogens with one attached hydrogen (secondary N) is 1. The summed E-state index contributed by atoms with van der Waals surface area (Å²) in [6.07, 6.45) is 3.67. The van der Waals surface area contributed by atoms with Gasteiger partial charge in [-0.2, -0.15) is 0 Å². The van der Waals surface area contributed by atoms with Crippen molar-refractivity contribution in [2.75, 3.05) is 23.3 Å². The molecule has 2 heterocycles. The highest BCUT2D eigenvalue weighted by Crippen LogP contribution is 2.23. The van der Waals surface area contributed by atoms with Crippen LogP contribution in [-0.4, -0.2) is 24.0 Å². The Morgan fingerprint density at radius 1 is 1.04 bits per heavy atom. The molecular weight excluding hydrogens is 298 g/mol. The molecule has 1 aliphatic heterocycles. The first-order valence-corrected chi connectivity index (χ1v) is 8.66. The second-order valence-corrected chi connectivity index (χ2v) is 6.66. The number of aromatic nitrogens is 1. The van der Waals surface area contributed by atoms with Gasteiger partial charge in [-0.25, -0.2) is 4.98 Å². The third kappa shape index (κ3) is 3.58. The molecular formula is C20H25N3O. The molecule has 3 rings (SSSR count). The predicted molar refractivity (Wildman–Crippen MR) is 98.9 cm³/mol. The van der Waals surface area contributed by atoms with Crippen molar-refractivity contribution in [3.63, 3.8) is 0 Å². The van der Waals surface area contributed by atoms with E-state index in [1.165, 1.54) is 24.8 Å². The van der Waals surface area contributed by atoms with Crippen molar-refractivity contribution in [3.05, 3.63) is 52.7 Å². The first-order chi connectivity index (χ1) is 11.5. The van der Waals surface area contributed by atoms with E-state index < -0.39 is 0 Å². The van der Waals surface area contributed by atoms with E-state index >= 15 is 0 Å². The Hall–Kier alpha value is -2.36. The van der Waals surface area contributed by atoms with Gasteiger partial charge >= 0.3 is 0 Å². The molecule has 0 spiro atoms. The Kier molecular flexibility index (Phi) is 4.84. The van der Waals surface area contributed by atoms with Crippen molar-refractivity contribution in [2.24, 2.45) is 0 Å². The normalized spacial score (nSPS) is 14.5. The smallest absolute Gasteiger partial charge is 0.274 e. The molecule has 1 fully saturated rings. The molecule has 0 saturated carbocycles. The van der Waals surface area contributed by atoms with Crippen LogP contribution in [0.25, 0.3) is 0 Å². The van der Waals surface area contributed by atoms with Crippen molar-refractivity contribution in [1.82, 2.24) is 4.98 Å². The van der Waals surface area contributed by atoms with Gasteiger partial charge in [-0.05, 0) is 63.3 Å². The molecule has 1 N–H and O–H groups in total. The van der Waals surface area contributed by atoms with E-state index in [0.717, 1.165) is 35.7 Å². The lowest BCUT2D eigenvalue weighted by Crippen LogP contribution is -2.30. The number of carbonyl (C=O) groups is 1. The zero-order valence-electron chi connectivity index (χ0n) is 14.7. The number of nitrogens with zero attached hydrogens (tertiary/aromatic N) is 2. The van der Waals surface area contributed by atoms with Crippen molar-refractivity contribution >= 4 is 17.4 Å². The molecule has 0 atom stereocenters. The summed E-state index contributed by atoms with van der Waals surface area (Å²) in [6, 6.07) is 9.85. The molecule has 0 radical (unpaired) electrons. The number of benzene rings is 1. The van der Waals surface area contributed by atoms with Crippen LogP contribution >= 0.6 is 0 Å². The van der Waals surface area contributed by atoms with Gasteiger partial charge in [-0.3, -0.25) is 4.79 Å². The minimum Gasteiger partial charge on any atom is -0.357 e. The highest BCUT2D eigenvalue weighted by molar-refractivity contribution is 6.04. The first-order valence-electron chi connectivity index (χ1n) is 8.66. The van der Waals surface area contributed by atoms with E-state index in [-0.39, 0.29) is 5.91 Å². The van der Waals surface area contributed by atoms with E-state index in [0.29, 0.717) is 5.69 Å². The van der Waals surface area contributed by atoms with Crippen LogP contribution in [0.5, 0.6) is 0 Å². The van der Waals surface area contributed by atoms with Gasteiger partial charge in [0.1, 0.15) is 11.5 Å². The van der Waals surface area contributed by atoms with Crippen LogP contribution < -0.4 is 10.2 Å². The molecule has 1 aromatic carbocycles. The lowest BCUT2D eigenvalue weighted by atomic mass is 10.0. The lowest BCUT2D eigenvalue weighted by molar-refractivity contribution is 0.102. The zero-order chi connectivity index (χ0) is 17.1. The number of hydrogen-bond donors (Lipinski definition) is 1. The number of hydrogen-bond acceptors (Lipinski definition) is 3. The van der Waals surface area contributed by atoms with Crippen molar-refractivity contribution < 1.29 is 4.79 Å². The summed E-state index contributed by atoms with van der Waals surface area (Å²) >= 11 is 0. The van der Waals surface area contributed by atoms with Crippen molar-refractivity contribution in [1.29, 1.82) is 0 Å². The fourth-order valence-electron chi connectivity index (χ4n) is 3.40. The van der Waals surface area contributed by atoms with Gasteiger partial charge in [0.25, 0.3) is 5.91 Å². The van der Waals surface area contributed by atoms with Crippen LogP contribution in [0.2, 0.25) is 0 Å². The van der Waals surface area contributed by atoms with Crippen LogP contribution in [0, 0.1) is 20.8 Å². The third-order valence-electron chi connectivity index (χ3n) is 4.56. The molecule has 4 heteroatoms. The fraction of sp³-hybridized carbons (Fsp3) is 0.400. The monoisotopic (exact) mass is 323 g/mol. The highest BCUT2D eigenvalue weighted by Gasteiger charge is 2.16. The molecule has 1 amide bonds. The summed E-state index contributed by atoms with van der Waals surface area (Å²) in [5.74, 6) is 0.753. The van der Waals surface area contributed by atoms with Crippen LogP contribution in [0.4, 0.5) is 11.5 Å². The van der Waals surface area contributed by atoms with Gasteiger partial charge in [-0.15, -0.1) is 0 Å². The van der Waals surface area contributed by atoms with E-state index in [1.54, 1.807) is 6.07 Å². The Balaban J connectivity index is 1.80. The van der Waals surface area contributed by atoms with Crippen molar-refractivity contribution in [3.8, 4) is 0 Å². The maximum atomic E-state index is 12.6. The number of anilines is 2. The van der Waals surface area contributed by atoms with Crippen LogP contribution in [0.1, 0.15) is 46.4 Å². The van der Waals surface area contributed by atoms with Crippen molar-refractivity contribution in [2.45, 2.75) is 40.0 Å². The quantitative estimate of drug-likeness (QED) is 0.918. The molecule has 2 aromatic rings. The molecule has 1 saturated heterocycles. The van der Waals surface area contributed by atoms with Gasteiger partial charge in [0.05, 0.1) is 0 Å². The molecule has 0 aliphatic carbocycles. The fourth-order valence-corrected chi connectivity index (χ4v) is 3.40. The van der Waals surface area contributed by atoms with Gasteiger partial charge < -0.3 is 10.2 Å². The minimum absolute atomic E-state index is 0.149. The molecule has 4 nitrogen and oxygen atoms in total. The number of piperidine rings is 1. The molecule has 1 aromatic heterocycles. The Bertz CT molecular complexity index is 725. The summed E-state index contributed by atoms with van der Waals surface area (Å²) in [4.78, 5) is 19.5. The molecule has 1 aliphatic rings. The van der Waals surface area contributed by atoms with Gasteiger partial charge in [0.2, 0.25) is 0 Å². The number of pyridine rings is 1. The maximum Gasteiger partial charge on any atom is 0.274 e. The molecule has 126 valence electrons. The molecule has 0 bridgehead atoms. The van der Waals surface area contributed by atoms with Gasteiger partial charge in [-0.1, -0.05) is 23.8 Å². The first kappa shape index (κ1) is 16.5. The zero-order valence-corrected chi connectivity index (χ0v) is 14.7. The third-order valence-corrected chi connectivity index (χ3v) is 4.56. The van der Waals surface area contributed by atoms with Crippen LogP contribution in [0.15, 0.2) is 30.3 Å². The number of amides is 1. The summed E-state index contributed by atoms with van der Waals surface area (Å²) in [5.41, 5.74) is 4.71. The summed E-state index contributed by atoms with van der Waals surface area (Å²) in [7, 11) is 0. The van der Waals surface area contributed by atoms with Crippen LogP contribution in [-0.2, 0) is 0 Å². The average Bonchev–Trinajstić information content (AvgIpc) is 2.59. The predicted octanol–water partition coefficient (Wildman–Crippen LogP) is 4.25. The lowest BCUT2D eigenvalue weighted by Gasteiger charge is -2.27. The average molecular weight is 323 g/mol. The van der Waals surface area contributed by atoms with Gasteiger partial charge in [0.15, 0.2) is 0 Å². The van der Waals surface area contributed by atoms with E-state index in [2.05, 4.69) is 34.3 Å². The second kappa shape index (κ2) is 7.04. The molecule has 24 heavy (non-hydrogen) atoms. The number of aryl methyl sites for hydroxylation is 3. The SMILES string of the molecule is Cc1cc(C)c(NC(=O)c2cccc(N3CCCCC3)n2)c(C)c1. The highest BCUT2D eigenvalue weighted by atomic mass is 16.1. The molecule has 0 unspecified atom stereocenters. The second-order valence-electron chi connectivity index (χ2n) is 6.66. The summed E-state index contributed by atoms with van der Waals surface area (Å²) in [6.45, 7) is 8.15. The van der Waals surface area contributed by atoms with Gasteiger partial charge in [0, 0.05) is 18.8 Å². The maximum absolute atomic E-state index is 12.6. The van der Waals surface area contributed by atoms with E-state index in [9.17, 15) is 4.79 Å². The largest absolute Gasteiger partial charge is 0.357 e. The summed E-state index contributed by atoms with van der Waals surface area (Å²) < 4.78 is 0. The standard InChI is InChI=1S/C20H25N3O/c1-14-12-15(2)19(16(3)13-14)22-20(24)17-8-7-9-18(21-17)23-10-5-4-6-11-23/h7-9,12-13H,4-6,10-11H2,1-3H3,(H,22,24).